The van der Waals surface area contributed by atoms with Crippen molar-refractivity contribution in [2.75, 3.05) is 0 Å². The number of fused-ring (bicyclic) bond motifs is 1. The summed E-state index contributed by atoms with van der Waals surface area (Å²) in [5, 5.41) is 3.81. The van der Waals surface area contributed by atoms with Crippen LogP contribution in [0, 0.1) is 0 Å². The molecule has 68 valence electrons. The van der Waals surface area contributed by atoms with Gasteiger partial charge in [-0.25, -0.2) is 4.98 Å². The van der Waals surface area contributed by atoms with Gasteiger partial charge in [-0.15, -0.1) is 0 Å². The van der Waals surface area contributed by atoms with Crippen LogP contribution in [0.2, 0.25) is 0 Å². The van der Waals surface area contributed by atoms with Gasteiger partial charge in [-0.05, 0) is 12.1 Å². The number of benzene rings is 1. The summed E-state index contributed by atoms with van der Waals surface area (Å²) in [5.41, 5.74) is 2.66. The minimum Gasteiger partial charge on any atom is -0.364 e. The van der Waals surface area contributed by atoms with E-state index in [1.165, 1.54) is 6.26 Å². The summed E-state index contributed by atoms with van der Waals surface area (Å²) in [4.78, 5) is 7.54. The lowest BCUT2D eigenvalue weighted by molar-refractivity contribution is 0.422. The molecule has 3 aromatic rings. The van der Waals surface area contributed by atoms with Gasteiger partial charge in [0.25, 0.3) is 0 Å². The number of aromatic nitrogens is 3. The predicted molar refractivity (Wildman–Crippen MR) is 51.6 cm³/mol. The van der Waals surface area contributed by atoms with Crippen molar-refractivity contribution in [3.05, 3.63) is 36.6 Å². The van der Waals surface area contributed by atoms with Crippen LogP contribution < -0.4 is 0 Å². The van der Waals surface area contributed by atoms with Crippen molar-refractivity contribution < 1.29 is 4.52 Å². The van der Waals surface area contributed by atoms with Crippen LogP contribution in [-0.4, -0.2) is 15.1 Å². The largest absolute Gasteiger partial charge is 0.364 e. The van der Waals surface area contributed by atoms with Gasteiger partial charge in [-0.3, -0.25) is 0 Å². The zero-order valence-corrected chi connectivity index (χ0v) is 7.27. The Bertz CT molecular complexity index is 521. The minimum atomic E-state index is 0.723. The molecule has 0 aliphatic heterocycles. The van der Waals surface area contributed by atoms with Crippen molar-refractivity contribution in [2.45, 2.75) is 0 Å². The quantitative estimate of drug-likeness (QED) is 0.632. The highest BCUT2D eigenvalue weighted by Crippen LogP contribution is 2.17. The Morgan fingerprint density at radius 1 is 1.14 bits per heavy atom. The summed E-state index contributed by atoms with van der Waals surface area (Å²) >= 11 is 0. The number of hydrogen-bond acceptors (Lipinski definition) is 3. The molecule has 0 radical (unpaired) electrons. The van der Waals surface area contributed by atoms with Crippen LogP contribution in [0.4, 0.5) is 0 Å². The van der Waals surface area contributed by atoms with Crippen LogP contribution in [0.1, 0.15) is 0 Å². The topological polar surface area (TPSA) is 54.7 Å². The summed E-state index contributed by atoms with van der Waals surface area (Å²) in [5.74, 6) is 0.736. The van der Waals surface area contributed by atoms with E-state index in [0.717, 1.165) is 22.6 Å². The molecule has 0 atom stereocenters. The number of nitrogens with one attached hydrogen (secondary N) is 1. The first kappa shape index (κ1) is 7.32. The van der Waals surface area contributed by atoms with Crippen molar-refractivity contribution in [3.63, 3.8) is 0 Å². The monoisotopic (exact) mass is 185 g/mol. The summed E-state index contributed by atoms with van der Waals surface area (Å²) in [6, 6.07) is 9.63. The van der Waals surface area contributed by atoms with Crippen molar-refractivity contribution in [1.29, 1.82) is 0 Å². The van der Waals surface area contributed by atoms with Gasteiger partial charge in [-0.1, -0.05) is 17.3 Å². The molecule has 0 aliphatic rings. The smallest absolute Gasteiger partial charge is 0.160 e. The van der Waals surface area contributed by atoms with Gasteiger partial charge in [0.15, 0.2) is 5.82 Å². The molecule has 0 unspecified atom stereocenters. The second-order valence-electron chi connectivity index (χ2n) is 2.99. The van der Waals surface area contributed by atoms with Crippen molar-refractivity contribution in [1.82, 2.24) is 15.1 Å². The molecular weight excluding hydrogens is 178 g/mol. The Labute approximate surface area is 79.6 Å². The first-order chi connectivity index (χ1) is 6.93. The average molecular weight is 185 g/mol. The van der Waals surface area contributed by atoms with Crippen LogP contribution in [0.5, 0.6) is 0 Å². The molecule has 2 heterocycles. The molecule has 0 spiro atoms. The zero-order chi connectivity index (χ0) is 9.38. The van der Waals surface area contributed by atoms with Crippen LogP contribution >= 0.6 is 0 Å². The third-order valence-electron chi connectivity index (χ3n) is 2.07. The second-order valence-corrected chi connectivity index (χ2v) is 2.99. The third-order valence-corrected chi connectivity index (χ3v) is 2.07. The number of hydrogen-bond donors (Lipinski definition) is 1. The second kappa shape index (κ2) is 2.70. The van der Waals surface area contributed by atoms with E-state index in [4.69, 9.17) is 4.52 Å². The summed E-state index contributed by atoms with van der Waals surface area (Å²) < 4.78 is 4.75. The van der Waals surface area contributed by atoms with E-state index in [9.17, 15) is 0 Å². The number of nitrogens with zero attached hydrogens (tertiary/aromatic N) is 2. The molecule has 0 saturated heterocycles. The van der Waals surface area contributed by atoms with Gasteiger partial charge in [0.05, 0.1) is 11.0 Å². The van der Waals surface area contributed by atoms with E-state index in [1.807, 2.05) is 24.3 Å². The highest BCUT2D eigenvalue weighted by atomic mass is 16.5. The highest BCUT2D eigenvalue weighted by Gasteiger charge is 2.06. The Hall–Kier alpha value is -2.10. The van der Waals surface area contributed by atoms with E-state index in [0.29, 0.717) is 0 Å². The molecule has 1 aromatic carbocycles. The standard InChI is InChI=1S/C10H7N3O/c1-2-4-8-7(3-1)11-10(12-8)9-5-6-14-13-9/h1-6H,(H,11,12). The van der Waals surface area contributed by atoms with E-state index in [1.54, 1.807) is 6.07 Å². The fourth-order valence-corrected chi connectivity index (χ4v) is 1.41. The molecule has 0 saturated carbocycles. The molecule has 1 N–H and O–H groups in total. The lowest BCUT2D eigenvalue weighted by Gasteiger charge is -1.83. The lowest BCUT2D eigenvalue weighted by Crippen LogP contribution is -1.77. The molecule has 0 fully saturated rings. The number of imidazole rings is 1. The summed E-state index contributed by atoms with van der Waals surface area (Å²) in [6.07, 6.45) is 1.53. The van der Waals surface area contributed by atoms with Crippen LogP contribution in [-0.2, 0) is 0 Å². The van der Waals surface area contributed by atoms with Crippen molar-refractivity contribution in [3.8, 4) is 11.5 Å². The lowest BCUT2D eigenvalue weighted by atomic mass is 10.3. The van der Waals surface area contributed by atoms with Gasteiger partial charge in [0.2, 0.25) is 0 Å². The van der Waals surface area contributed by atoms with Crippen molar-refractivity contribution >= 4 is 11.0 Å². The Kier molecular flexibility index (Phi) is 1.41. The molecule has 0 bridgehead atoms. The van der Waals surface area contributed by atoms with E-state index in [-0.39, 0.29) is 0 Å². The molecule has 0 amide bonds. The Balaban J connectivity index is 2.24. The molecule has 3 rings (SSSR count). The maximum atomic E-state index is 4.75. The number of rotatable bonds is 1. The number of H-pyrrole nitrogens is 1. The molecule has 2 aromatic heterocycles. The van der Waals surface area contributed by atoms with Crippen LogP contribution in [0.15, 0.2) is 41.1 Å². The normalized spacial score (nSPS) is 10.9. The van der Waals surface area contributed by atoms with Crippen molar-refractivity contribution in [2.24, 2.45) is 0 Å². The van der Waals surface area contributed by atoms with Crippen LogP contribution in [0.25, 0.3) is 22.6 Å². The fourth-order valence-electron chi connectivity index (χ4n) is 1.41. The summed E-state index contributed by atoms with van der Waals surface area (Å²) in [7, 11) is 0. The first-order valence-electron chi connectivity index (χ1n) is 4.29. The van der Waals surface area contributed by atoms with Gasteiger partial charge in [0.1, 0.15) is 12.0 Å². The maximum absolute atomic E-state index is 4.75. The molecule has 0 aliphatic carbocycles. The minimum absolute atomic E-state index is 0.723. The van der Waals surface area contributed by atoms with Gasteiger partial charge < -0.3 is 9.51 Å². The van der Waals surface area contributed by atoms with Gasteiger partial charge in [0, 0.05) is 6.07 Å². The first-order valence-corrected chi connectivity index (χ1v) is 4.29. The summed E-state index contributed by atoms with van der Waals surface area (Å²) in [6.45, 7) is 0. The number of aromatic amines is 1. The number of para-hydroxylation sites is 2. The third kappa shape index (κ3) is 1.01. The molecular formula is C10H7N3O. The zero-order valence-electron chi connectivity index (χ0n) is 7.27. The van der Waals surface area contributed by atoms with E-state index >= 15 is 0 Å². The highest BCUT2D eigenvalue weighted by molar-refractivity contribution is 5.78. The molecule has 4 heteroatoms. The van der Waals surface area contributed by atoms with Crippen LogP contribution in [0.3, 0.4) is 0 Å². The fraction of sp³-hybridized carbons (Fsp3) is 0. The Morgan fingerprint density at radius 3 is 2.86 bits per heavy atom. The molecule has 14 heavy (non-hydrogen) atoms. The maximum Gasteiger partial charge on any atom is 0.160 e. The van der Waals surface area contributed by atoms with Gasteiger partial charge >= 0.3 is 0 Å². The van der Waals surface area contributed by atoms with Gasteiger partial charge in [-0.2, -0.15) is 0 Å². The average Bonchev–Trinajstić information content (AvgIpc) is 2.86. The molecule has 4 nitrogen and oxygen atoms in total. The predicted octanol–water partition coefficient (Wildman–Crippen LogP) is 2.22. The van der Waals surface area contributed by atoms with E-state index in [2.05, 4.69) is 15.1 Å². The Morgan fingerprint density at radius 2 is 2.07 bits per heavy atom. The SMILES string of the molecule is c1ccc2[nH]c(-c3ccon3)nc2c1. The van der Waals surface area contributed by atoms with E-state index < -0.39 is 0 Å².